The van der Waals surface area contributed by atoms with Gasteiger partial charge >= 0.3 is 0 Å². The molecular weight excluding hydrogens is 260 g/mol. The lowest BCUT2D eigenvalue weighted by molar-refractivity contribution is 0.183. The minimum atomic E-state index is -1.49. The van der Waals surface area contributed by atoms with Crippen molar-refractivity contribution in [1.29, 1.82) is 0 Å². The maximum Gasteiger partial charge on any atom is 0.203 e. The predicted molar refractivity (Wildman–Crippen MR) is 65.1 cm³/mol. The minimum Gasteiger partial charge on any atom is -0.485 e. The molecule has 1 rings (SSSR count). The summed E-state index contributed by atoms with van der Waals surface area (Å²) < 4.78 is 57.6. The van der Waals surface area contributed by atoms with Crippen LogP contribution in [0, 0.1) is 23.3 Å². The van der Waals surface area contributed by atoms with E-state index in [9.17, 15) is 17.6 Å². The van der Waals surface area contributed by atoms with E-state index in [1.54, 1.807) is 6.92 Å². The smallest absolute Gasteiger partial charge is 0.203 e. The molecule has 1 aromatic rings. The average molecular weight is 278 g/mol. The maximum atomic E-state index is 13.3. The van der Waals surface area contributed by atoms with Gasteiger partial charge in [-0.15, -0.1) is 0 Å². The van der Waals surface area contributed by atoms with Gasteiger partial charge in [0.2, 0.25) is 11.6 Å². The molecular formula is C14H18F4O. The first-order valence-corrected chi connectivity index (χ1v) is 6.47. The third kappa shape index (κ3) is 4.40. The number of hydrogen-bond acceptors (Lipinski definition) is 1. The highest BCUT2D eigenvalue weighted by molar-refractivity contribution is 5.28. The van der Waals surface area contributed by atoms with Crippen LogP contribution >= 0.6 is 0 Å². The number of halogens is 4. The third-order valence-corrected chi connectivity index (χ3v) is 2.85. The Morgan fingerprint density at radius 2 is 1.58 bits per heavy atom. The zero-order valence-electron chi connectivity index (χ0n) is 11.1. The normalized spacial score (nSPS) is 12.5. The van der Waals surface area contributed by atoms with E-state index >= 15 is 0 Å². The summed E-state index contributed by atoms with van der Waals surface area (Å²) in [4.78, 5) is 0. The Kier molecular flexibility index (Phi) is 6.12. The lowest BCUT2D eigenvalue weighted by atomic mass is 10.1. The number of rotatable bonds is 7. The van der Waals surface area contributed by atoms with E-state index in [4.69, 9.17) is 4.74 Å². The topological polar surface area (TPSA) is 9.23 Å². The second kappa shape index (κ2) is 7.36. The summed E-state index contributed by atoms with van der Waals surface area (Å²) in [5.41, 5.74) is 0. The highest BCUT2D eigenvalue weighted by atomic mass is 19.2. The molecule has 0 aliphatic heterocycles. The fourth-order valence-corrected chi connectivity index (χ4v) is 1.77. The molecule has 0 heterocycles. The van der Waals surface area contributed by atoms with Gasteiger partial charge in [0.15, 0.2) is 17.4 Å². The van der Waals surface area contributed by atoms with Crippen molar-refractivity contribution in [2.24, 2.45) is 0 Å². The second-order valence-electron chi connectivity index (χ2n) is 4.58. The van der Waals surface area contributed by atoms with Crippen LogP contribution in [0.5, 0.6) is 5.75 Å². The Bertz CT molecular complexity index is 394. The van der Waals surface area contributed by atoms with Crippen molar-refractivity contribution in [3.05, 3.63) is 29.3 Å². The van der Waals surface area contributed by atoms with Crippen LogP contribution < -0.4 is 4.74 Å². The average Bonchev–Trinajstić information content (AvgIpc) is 2.37. The molecule has 108 valence electrons. The molecule has 19 heavy (non-hydrogen) atoms. The van der Waals surface area contributed by atoms with E-state index in [1.165, 1.54) is 0 Å². The molecule has 0 bridgehead atoms. The number of ether oxygens (including phenoxy) is 1. The van der Waals surface area contributed by atoms with Crippen LogP contribution in [0.2, 0.25) is 0 Å². The SMILES string of the molecule is CCCCCC[C@@H](C)Oc1c(F)c(F)cc(F)c1F. The van der Waals surface area contributed by atoms with Crippen molar-refractivity contribution in [2.75, 3.05) is 0 Å². The fourth-order valence-electron chi connectivity index (χ4n) is 1.77. The summed E-state index contributed by atoms with van der Waals surface area (Å²) >= 11 is 0. The summed E-state index contributed by atoms with van der Waals surface area (Å²) in [6.07, 6.45) is 4.07. The zero-order chi connectivity index (χ0) is 14.4. The number of hydrogen-bond donors (Lipinski definition) is 0. The molecule has 1 aromatic carbocycles. The fraction of sp³-hybridized carbons (Fsp3) is 0.571. The van der Waals surface area contributed by atoms with Gasteiger partial charge in [0, 0.05) is 6.07 Å². The molecule has 0 spiro atoms. The lowest BCUT2D eigenvalue weighted by Crippen LogP contribution is -2.14. The minimum absolute atomic E-state index is 0.170. The highest BCUT2D eigenvalue weighted by Gasteiger charge is 2.22. The van der Waals surface area contributed by atoms with Crippen molar-refractivity contribution >= 4 is 0 Å². The molecule has 1 atom stereocenters. The van der Waals surface area contributed by atoms with Crippen molar-refractivity contribution in [1.82, 2.24) is 0 Å². The van der Waals surface area contributed by atoms with Crippen LogP contribution in [0.4, 0.5) is 17.6 Å². The molecule has 0 saturated carbocycles. The summed E-state index contributed by atoms with van der Waals surface area (Å²) in [5, 5.41) is 0. The third-order valence-electron chi connectivity index (χ3n) is 2.85. The van der Waals surface area contributed by atoms with Gasteiger partial charge in [0.1, 0.15) is 0 Å². The van der Waals surface area contributed by atoms with Crippen molar-refractivity contribution in [2.45, 2.75) is 52.1 Å². The molecule has 0 unspecified atom stereocenters. The predicted octanol–water partition coefficient (Wildman–Crippen LogP) is 4.98. The Morgan fingerprint density at radius 3 is 2.11 bits per heavy atom. The first-order chi connectivity index (χ1) is 8.97. The van der Waals surface area contributed by atoms with Crippen LogP contribution in [0.3, 0.4) is 0 Å². The maximum absolute atomic E-state index is 13.3. The number of unbranched alkanes of at least 4 members (excludes halogenated alkanes) is 3. The van der Waals surface area contributed by atoms with Gasteiger partial charge in [-0.1, -0.05) is 26.2 Å². The van der Waals surface area contributed by atoms with E-state index < -0.39 is 35.1 Å². The van der Waals surface area contributed by atoms with E-state index in [2.05, 4.69) is 6.92 Å². The summed E-state index contributed by atoms with van der Waals surface area (Å²) in [5.74, 6) is -6.85. The standard InChI is InChI=1S/C14H18F4O/c1-3-4-5-6-7-9(2)19-14-12(17)10(15)8-11(16)13(14)18/h8-9H,3-7H2,1-2H3/t9-/m1/s1. The van der Waals surface area contributed by atoms with Crippen LogP contribution in [-0.4, -0.2) is 6.10 Å². The van der Waals surface area contributed by atoms with Crippen LogP contribution in [0.1, 0.15) is 46.0 Å². The molecule has 1 nitrogen and oxygen atoms in total. The van der Waals surface area contributed by atoms with E-state index in [0.29, 0.717) is 6.42 Å². The zero-order valence-corrected chi connectivity index (χ0v) is 11.1. The van der Waals surface area contributed by atoms with Crippen LogP contribution in [0.25, 0.3) is 0 Å². The van der Waals surface area contributed by atoms with Gasteiger partial charge in [-0.2, -0.15) is 8.78 Å². The van der Waals surface area contributed by atoms with Crippen molar-refractivity contribution in [3.63, 3.8) is 0 Å². The van der Waals surface area contributed by atoms with E-state index in [1.807, 2.05) is 0 Å². The molecule has 0 fully saturated rings. The van der Waals surface area contributed by atoms with Gasteiger partial charge in [-0.05, 0) is 19.8 Å². The highest BCUT2D eigenvalue weighted by Crippen LogP contribution is 2.28. The van der Waals surface area contributed by atoms with Gasteiger partial charge in [-0.25, -0.2) is 8.78 Å². The Morgan fingerprint density at radius 1 is 1.00 bits per heavy atom. The quantitative estimate of drug-likeness (QED) is 0.388. The Hall–Kier alpha value is -1.26. The molecule has 0 radical (unpaired) electrons. The van der Waals surface area contributed by atoms with Crippen LogP contribution in [0.15, 0.2) is 6.07 Å². The second-order valence-corrected chi connectivity index (χ2v) is 4.58. The van der Waals surface area contributed by atoms with Crippen molar-refractivity contribution < 1.29 is 22.3 Å². The molecule has 0 N–H and O–H groups in total. The van der Waals surface area contributed by atoms with Crippen LogP contribution in [-0.2, 0) is 0 Å². The molecule has 0 amide bonds. The monoisotopic (exact) mass is 278 g/mol. The number of benzene rings is 1. The molecule has 0 aliphatic carbocycles. The van der Waals surface area contributed by atoms with E-state index in [-0.39, 0.29) is 6.07 Å². The Labute approximate surface area is 110 Å². The van der Waals surface area contributed by atoms with Gasteiger partial charge in [0.05, 0.1) is 6.10 Å². The van der Waals surface area contributed by atoms with Gasteiger partial charge in [0.25, 0.3) is 0 Å². The molecule has 0 aromatic heterocycles. The summed E-state index contributed by atoms with van der Waals surface area (Å²) in [6.45, 7) is 3.69. The lowest BCUT2D eigenvalue weighted by Gasteiger charge is -2.16. The summed E-state index contributed by atoms with van der Waals surface area (Å²) in [7, 11) is 0. The van der Waals surface area contributed by atoms with E-state index in [0.717, 1.165) is 25.7 Å². The first-order valence-electron chi connectivity index (χ1n) is 6.47. The first kappa shape index (κ1) is 15.8. The molecule has 5 heteroatoms. The molecule has 0 saturated heterocycles. The molecule has 0 aliphatic rings. The summed E-state index contributed by atoms with van der Waals surface area (Å²) in [6, 6.07) is 0.170. The van der Waals surface area contributed by atoms with Gasteiger partial charge < -0.3 is 4.74 Å². The largest absolute Gasteiger partial charge is 0.485 e. The Balaban J connectivity index is 2.66. The van der Waals surface area contributed by atoms with Crippen molar-refractivity contribution in [3.8, 4) is 5.75 Å². The van der Waals surface area contributed by atoms with Gasteiger partial charge in [-0.3, -0.25) is 0 Å².